The van der Waals surface area contributed by atoms with E-state index in [1.54, 1.807) is 4.68 Å². The Balaban J connectivity index is 1.54. The fourth-order valence-corrected chi connectivity index (χ4v) is 3.20. The fraction of sp³-hybridized carbons (Fsp3) is 0.588. The van der Waals surface area contributed by atoms with Gasteiger partial charge in [0.1, 0.15) is 5.76 Å². The van der Waals surface area contributed by atoms with Crippen molar-refractivity contribution in [1.82, 2.24) is 24.7 Å². The minimum atomic E-state index is 0.00396. The van der Waals surface area contributed by atoms with Crippen LogP contribution in [0.25, 0.3) is 0 Å². The Hall–Kier alpha value is -2.15. The highest BCUT2D eigenvalue weighted by Gasteiger charge is 2.27. The van der Waals surface area contributed by atoms with Gasteiger partial charge in [-0.15, -0.1) is 0 Å². The molecule has 3 rings (SSSR count). The fourth-order valence-electron chi connectivity index (χ4n) is 3.20. The lowest BCUT2D eigenvalue weighted by Gasteiger charge is -2.36. The highest BCUT2D eigenvalue weighted by molar-refractivity contribution is 5.92. The minimum Gasteiger partial charge on any atom is -0.361 e. The quantitative estimate of drug-likeness (QED) is 0.854. The molecule has 0 unspecified atom stereocenters. The number of aromatic nitrogens is 3. The molecule has 130 valence electrons. The number of amides is 1. The van der Waals surface area contributed by atoms with E-state index in [1.165, 1.54) is 0 Å². The first-order valence-corrected chi connectivity index (χ1v) is 8.36. The third-order valence-electron chi connectivity index (χ3n) is 4.82. The molecule has 1 saturated heterocycles. The maximum Gasteiger partial charge on any atom is 0.274 e. The lowest BCUT2D eigenvalue weighted by molar-refractivity contribution is 0.0628. The van der Waals surface area contributed by atoms with E-state index in [9.17, 15) is 4.79 Å². The topological polar surface area (TPSA) is 67.4 Å². The van der Waals surface area contributed by atoms with E-state index in [0.717, 1.165) is 49.6 Å². The van der Waals surface area contributed by atoms with E-state index < -0.39 is 0 Å². The molecule has 1 fully saturated rings. The zero-order valence-corrected chi connectivity index (χ0v) is 14.8. The molecule has 3 heterocycles. The third-order valence-corrected chi connectivity index (χ3v) is 4.82. The highest BCUT2D eigenvalue weighted by atomic mass is 16.5. The SMILES string of the molecule is Cc1cc(CN2CCC(N(C)C(=O)c3cc(C)n(C)n3)CC2)no1. The van der Waals surface area contributed by atoms with Gasteiger partial charge in [0, 0.05) is 51.5 Å². The van der Waals surface area contributed by atoms with Crippen molar-refractivity contribution in [1.29, 1.82) is 0 Å². The summed E-state index contributed by atoms with van der Waals surface area (Å²) in [5.74, 6) is 0.847. The standard InChI is InChI=1S/C17H25N5O2/c1-12-9-16(18-21(12)4)17(23)20(3)15-5-7-22(8-6-15)11-14-10-13(2)24-19-14/h9-10,15H,5-8,11H2,1-4H3. The van der Waals surface area contributed by atoms with Gasteiger partial charge in [-0.1, -0.05) is 5.16 Å². The Bertz CT molecular complexity index is 693. The van der Waals surface area contributed by atoms with Crippen molar-refractivity contribution in [2.45, 2.75) is 39.3 Å². The second kappa shape index (κ2) is 6.76. The van der Waals surface area contributed by atoms with Crippen LogP contribution in [0, 0.1) is 13.8 Å². The van der Waals surface area contributed by atoms with Crippen molar-refractivity contribution in [2.24, 2.45) is 7.05 Å². The van der Waals surface area contributed by atoms with Crippen LogP contribution in [0.3, 0.4) is 0 Å². The number of rotatable bonds is 4. The molecule has 0 spiro atoms. The summed E-state index contributed by atoms with van der Waals surface area (Å²) in [6.45, 7) is 6.57. The average Bonchev–Trinajstić information content (AvgIpc) is 3.12. The Labute approximate surface area is 142 Å². The maximum atomic E-state index is 12.6. The number of hydrogen-bond acceptors (Lipinski definition) is 5. The molecule has 0 saturated carbocycles. The van der Waals surface area contributed by atoms with E-state index in [0.29, 0.717) is 5.69 Å². The zero-order chi connectivity index (χ0) is 17.3. The number of piperidine rings is 1. The number of likely N-dealkylation sites (tertiary alicyclic amines) is 1. The maximum absolute atomic E-state index is 12.6. The normalized spacial score (nSPS) is 16.5. The van der Waals surface area contributed by atoms with Crippen molar-refractivity contribution in [2.75, 3.05) is 20.1 Å². The number of nitrogens with zero attached hydrogens (tertiary/aromatic N) is 5. The smallest absolute Gasteiger partial charge is 0.274 e. The van der Waals surface area contributed by atoms with Gasteiger partial charge in [0.2, 0.25) is 0 Å². The number of carbonyl (C=O) groups excluding carboxylic acids is 1. The predicted molar refractivity (Wildman–Crippen MR) is 89.6 cm³/mol. The molecule has 2 aromatic heterocycles. The van der Waals surface area contributed by atoms with Crippen molar-refractivity contribution < 1.29 is 9.32 Å². The second-order valence-electron chi connectivity index (χ2n) is 6.65. The summed E-state index contributed by atoms with van der Waals surface area (Å²) in [7, 11) is 3.74. The van der Waals surface area contributed by atoms with Gasteiger partial charge in [-0.2, -0.15) is 5.10 Å². The van der Waals surface area contributed by atoms with E-state index in [4.69, 9.17) is 4.52 Å². The predicted octanol–water partition coefficient (Wildman–Crippen LogP) is 1.76. The molecule has 0 radical (unpaired) electrons. The summed E-state index contributed by atoms with van der Waals surface area (Å²) in [4.78, 5) is 16.8. The van der Waals surface area contributed by atoms with Crippen LogP contribution in [0.1, 0.15) is 40.5 Å². The van der Waals surface area contributed by atoms with Crippen LogP contribution >= 0.6 is 0 Å². The Kier molecular flexibility index (Phi) is 4.71. The van der Waals surface area contributed by atoms with Gasteiger partial charge in [0.25, 0.3) is 5.91 Å². The summed E-state index contributed by atoms with van der Waals surface area (Å²) < 4.78 is 6.86. The largest absolute Gasteiger partial charge is 0.361 e. The van der Waals surface area contributed by atoms with Crippen LogP contribution in [-0.4, -0.2) is 56.8 Å². The first-order valence-electron chi connectivity index (χ1n) is 8.36. The molecule has 1 amide bonds. The number of hydrogen-bond donors (Lipinski definition) is 0. The van der Waals surface area contributed by atoms with Crippen LogP contribution in [0.2, 0.25) is 0 Å². The van der Waals surface area contributed by atoms with E-state index in [-0.39, 0.29) is 11.9 Å². The highest BCUT2D eigenvalue weighted by Crippen LogP contribution is 2.19. The molecular formula is C17H25N5O2. The monoisotopic (exact) mass is 331 g/mol. The lowest BCUT2D eigenvalue weighted by atomic mass is 10.0. The van der Waals surface area contributed by atoms with E-state index >= 15 is 0 Å². The summed E-state index contributed by atoms with van der Waals surface area (Å²) >= 11 is 0. The molecule has 0 aromatic carbocycles. The van der Waals surface area contributed by atoms with Gasteiger partial charge in [0.05, 0.1) is 5.69 Å². The van der Waals surface area contributed by atoms with Crippen LogP contribution in [0.15, 0.2) is 16.7 Å². The third kappa shape index (κ3) is 3.51. The lowest BCUT2D eigenvalue weighted by Crippen LogP contribution is -2.45. The first-order chi connectivity index (χ1) is 11.4. The molecule has 0 bridgehead atoms. The molecule has 0 N–H and O–H groups in total. The van der Waals surface area contributed by atoms with Gasteiger partial charge < -0.3 is 9.42 Å². The number of carbonyl (C=O) groups is 1. The van der Waals surface area contributed by atoms with E-state index in [2.05, 4.69) is 15.2 Å². The Morgan fingerprint density at radius 1 is 1.33 bits per heavy atom. The van der Waals surface area contributed by atoms with Crippen molar-refractivity contribution in [3.05, 3.63) is 35.0 Å². The van der Waals surface area contributed by atoms with Crippen molar-refractivity contribution in [3.63, 3.8) is 0 Å². The first kappa shape index (κ1) is 16.7. The van der Waals surface area contributed by atoms with Crippen molar-refractivity contribution >= 4 is 5.91 Å². The zero-order valence-electron chi connectivity index (χ0n) is 14.8. The summed E-state index contributed by atoms with van der Waals surface area (Å²) in [5, 5.41) is 8.35. The van der Waals surface area contributed by atoms with Crippen LogP contribution < -0.4 is 0 Å². The molecule has 0 atom stereocenters. The Morgan fingerprint density at radius 2 is 2.04 bits per heavy atom. The molecular weight excluding hydrogens is 306 g/mol. The van der Waals surface area contributed by atoms with Crippen LogP contribution in [-0.2, 0) is 13.6 Å². The molecule has 1 aliphatic rings. The minimum absolute atomic E-state index is 0.00396. The van der Waals surface area contributed by atoms with Crippen LogP contribution in [0.5, 0.6) is 0 Å². The van der Waals surface area contributed by atoms with Gasteiger partial charge in [-0.25, -0.2) is 0 Å². The van der Waals surface area contributed by atoms with Crippen molar-refractivity contribution in [3.8, 4) is 0 Å². The number of aryl methyl sites for hydroxylation is 3. The Morgan fingerprint density at radius 3 is 2.58 bits per heavy atom. The van der Waals surface area contributed by atoms with Gasteiger partial charge in [-0.3, -0.25) is 14.4 Å². The molecule has 1 aliphatic heterocycles. The average molecular weight is 331 g/mol. The molecule has 7 heteroatoms. The second-order valence-corrected chi connectivity index (χ2v) is 6.65. The molecule has 0 aliphatic carbocycles. The van der Waals surface area contributed by atoms with Gasteiger partial charge >= 0.3 is 0 Å². The molecule has 24 heavy (non-hydrogen) atoms. The van der Waals surface area contributed by atoms with Gasteiger partial charge in [-0.05, 0) is 32.8 Å². The van der Waals surface area contributed by atoms with Gasteiger partial charge in [0.15, 0.2) is 5.69 Å². The summed E-state index contributed by atoms with van der Waals surface area (Å²) in [5.41, 5.74) is 2.49. The van der Waals surface area contributed by atoms with E-state index in [1.807, 2.05) is 45.0 Å². The summed E-state index contributed by atoms with van der Waals surface area (Å²) in [6, 6.07) is 4.08. The molecule has 2 aromatic rings. The summed E-state index contributed by atoms with van der Waals surface area (Å²) in [6.07, 6.45) is 1.93. The molecule has 7 nitrogen and oxygen atoms in total. The van der Waals surface area contributed by atoms with Crippen LogP contribution in [0.4, 0.5) is 0 Å².